The van der Waals surface area contributed by atoms with Gasteiger partial charge in [0, 0.05) is 32.1 Å². The molecule has 3 aromatic heterocycles. The molecule has 0 spiro atoms. The molecule has 0 unspecified atom stereocenters. The number of rotatable bonds is 6. The molecule has 0 radical (unpaired) electrons. The van der Waals surface area contributed by atoms with Gasteiger partial charge in [-0.2, -0.15) is 0 Å². The molecule has 4 rings (SSSR count). The molecular weight excluding hydrogens is 322 g/mol. The van der Waals surface area contributed by atoms with Crippen molar-refractivity contribution >= 4 is 11.2 Å². The molecule has 0 bridgehead atoms. The number of aromatic nitrogens is 5. The van der Waals surface area contributed by atoms with Gasteiger partial charge in [-0.1, -0.05) is 5.16 Å². The van der Waals surface area contributed by atoms with E-state index in [0.29, 0.717) is 23.8 Å². The SMILES string of the molecule is Cc1cc(CCCCn2c(=O)c3c(ncn3C3CC3)n(C)c2=O)on1. The van der Waals surface area contributed by atoms with Crippen molar-refractivity contribution in [1.29, 1.82) is 0 Å². The second-order valence-electron chi connectivity index (χ2n) is 6.75. The number of nitrogens with zero attached hydrogens (tertiary/aromatic N) is 5. The number of unbranched alkanes of at least 4 members (excludes halogenated alkanes) is 1. The Kier molecular flexibility index (Phi) is 3.82. The highest BCUT2D eigenvalue weighted by molar-refractivity contribution is 5.70. The van der Waals surface area contributed by atoms with Crippen molar-refractivity contribution in [1.82, 2.24) is 23.8 Å². The Morgan fingerprint density at radius 2 is 2.08 bits per heavy atom. The maximum absolute atomic E-state index is 12.8. The third-order valence-corrected chi connectivity index (χ3v) is 4.73. The summed E-state index contributed by atoms with van der Waals surface area (Å²) in [5, 5.41) is 3.86. The van der Waals surface area contributed by atoms with Gasteiger partial charge in [-0.25, -0.2) is 9.78 Å². The molecule has 25 heavy (non-hydrogen) atoms. The molecule has 0 aromatic carbocycles. The first-order valence-corrected chi connectivity index (χ1v) is 8.65. The summed E-state index contributed by atoms with van der Waals surface area (Å²) in [6.07, 6.45) is 6.09. The van der Waals surface area contributed by atoms with Crippen LogP contribution in [-0.4, -0.2) is 23.8 Å². The quantitative estimate of drug-likeness (QED) is 0.634. The fourth-order valence-corrected chi connectivity index (χ4v) is 3.22. The fourth-order valence-electron chi connectivity index (χ4n) is 3.22. The van der Waals surface area contributed by atoms with Gasteiger partial charge in [0.1, 0.15) is 5.76 Å². The first-order chi connectivity index (χ1) is 12.1. The van der Waals surface area contributed by atoms with Gasteiger partial charge in [0.2, 0.25) is 0 Å². The van der Waals surface area contributed by atoms with E-state index in [2.05, 4.69) is 10.1 Å². The Morgan fingerprint density at radius 1 is 1.28 bits per heavy atom. The molecule has 3 aromatic rings. The van der Waals surface area contributed by atoms with Crippen LogP contribution < -0.4 is 11.2 Å². The summed E-state index contributed by atoms with van der Waals surface area (Å²) < 4.78 is 9.90. The van der Waals surface area contributed by atoms with Crippen LogP contribution in [0.25, 0.3) is 11.2 Å². The van der Waals surface area contributed by atoms with Gasteiger partial charge in [0.25, 0.3) is 5.56 Å². The largest absolute Gasteiger partial charge is 0.361 e. The molecular formula is C17H21N5O3. The zero-order chi connectivity index (χ0) is 17.6. The predicted molar refractivity (Wildman–Crippen MR) is 91.7 cm³/mol. The lowest BCUT2D eigenvalue weighted by molar-refractivity contribution is 0.374. The topological polar surface area (TPSA) is 87.9 Å². The van der Waals surface area contributed by atoms with E-state index in [1.807, 2.05) is 17.6 Å². The smallest absolute Gasteiger partial charge is 0.332 e. The van der Waals surface area contributed by atoms with Crippen LogP contribution in [-0.2, 0) is 20.0 Å². The van der Waals surface area contributed by atoms with Crippen molar-refractivity contribution in [2.24, 2.45) is 7.05 Å². The van der Waals surface area contributed by atoms with E-state index in [1.54, 1.807) is 13.4 Å². The Hall–Kier alpha value is -2.64. The van der Waals surface area contributed by atoms with Crippen molar-refractivity contribution in [3.63, 3.8) is 0 Å². The van der Waals surface area contributed by atoms with Crippen molar-refractivity contribution in [2.75, 3.05) is 0 Å². The van der Waals surface area contributed by atoms with E-state index in [0.717, 1.165) is 43.6 Å². The second kappa shape index (κ2) is 6.02. The molecule has 8 heteroatoms. The lowest BCUT2D eigenvalue weighted by Crippen LogP contribution is -2.39. The molecule has 1 saturated carbocycles. The van der Waals surface area contributed by atoms with Crippen LogP contribution in [0.1, 0.15) is 43.2 Å². The van der Waals surface area contributed by atoms with Gasteiger partial charge in [0.05, 0.1) is 12.0 Å². The Morgan fingerprint density at radius 3 is 2.76 bits per heavy atom. The Bertz CT molecular complexity index is 1030. The zero-order valence-corrected chi connectivity index (χ0v) is 14.4. The monoisotopic (exact) mass is 343 g/mol. The molecule has 0 saturated heterocycles. The van der Waals surface area contributed by atoms with Gasteiger partial charge in [-0.15, -0.1) is 0 Å². The normalized spacial score (nSPS) is 14.5. The van der Waals surface area contributed by atoms with Crippen LogP contribution >= 0.6 is 0 Å². The first kappa shape index (κ1) is 15.9. The lowest BCUT2D eigenvalue weighted by Gasteiger charge is -2.09. The van der Waals surface area contributed by atoms with Gasteiger partial charge < -0.3 is 9.09 Å². The molecule has 0 N–H and O–H groups in total. The van der Waals surface area contributed by atoms with Crippen LogP contribution in [0.4, 0.5) is 0 Å². The summed E-state index contributed by atoms with van der Waals surface area (Å²) in [5.74, 6) is 0.833. The molecule has 1 aliphatic rings. The molecule has 1 fully saturated rings. The van der Waals surface area contributed by atoms with Crippen molar-refractivity contribution < 1.29 is 4.52 Å². The molecule has 8 nitrogen and oxygen atoms in total. The third kappa shape index (κ3) is 2.81. The maximum Gasteiger partial charge on any atom is 0.332 e. The highest BCUT2D eigenvalue weighted by Crippen LogP contribution is 2.36. The predicted octanol–water partition coefficient (Wildman–Crippen LogP) is 1.55. The first-order valence-electron chi connectivity index (χ1n) is 8.65. The van der Waals surface area contributed by atoms with E-state index in [1.165, 1.54) is 9.13 Å². The number of aryl methyl sites for hydroxylation is 3. The van der Waals surface area contributed by atoms with Crippen LogP contribution in [0, 0.1) is 6.92 Å². The summed E-state index contributed by atoms with van der Waals surface area (Å²) in [6, 6.07) is 2.25. The molecule has 3 heterocycles. The van der Waals surface area contributed by atoms with Crippen molar-refractivity contribution in [3.05, 3.63) is 44.7 Å². The highest BCUT2D eigenvalue weighted by Gasteiger charge is 2.27. The van der Waals surface area contributed by atoms with E-state index < -0.39 is 0 Å². The third-order valence-electron chi connectivity index (χ3n) is 4.73. The Labute approximate surface area is 143 Å². The van der Waals surface area contributed by atoms with E-state index in [-0.39, 0.29) is 11.2 Å². The maximum atomic E-state index is 12.8. The number of fused-ring (bicyclic) bond motifs is 1. The number of imidazole rings is 1. The van der Waals surface area contributed by atoms with E-state index >= 15 is 0 Å². The average molecular weight is 343 g/mol. The second-order valence-corrected chi connectivity index (χ2v) is 6.75. The van der Waals surface area contributed by atoms with Crippen LogP contribution in [0.3, 0.4) is 0 Å². The zero-order valence-electron chi connectivity index (χ0n) is 14.4. The van der Waals surface area contributed by atoms with E-state index in [4.69, 9.17) is 4.52 Å². The van der Waals surface area contributed by atoms with Gasteiger partial charge >= 0.3 is 5.69 Å². The fraction of sp³-hybridized carbons (Fsp3) is 0.529. The number of hydrogen-bond acceptors (Lipinski definition) is 5. The summed E-state index contributed by atoms with van der Waals surface area (Å²) in [7, 11) is 1.67. The van der Waals surface area contributed by atoms with Crippen LogP contribution in [0.2, 0.25) is 0 Å². The molecule has 0 atom stereocenters. The lowest BCUT2D eigenvalue weighted by atomic mass is 10.2. The summed E-state index contributed by atoms with van der Waals surface area (Å²) in [5.41, 5.74) is 1.32. The summed E-state index contributed by atoms with van der Waals surface area (Å²) >= 11 is 0. The Balaban J connectivity index is 1.57. The molecule has 0 amide bonds. The molecule has 132 valence electrons. The minimum absolute atomic E-state index is 0.238. The van der Waals surface area contributed by atoms with Crippen molar-refractivity contribution in [2.45, 2.75) is 51.6 Å². The summed E-state index contributed by atoms with van der Waals surface area (Å²) in [4.78, 5) is 29.6. The molecule has 0 aliphatic heterocycles. The minimum Gasteiger partial charge on any atom is -0.361 e. The van der Waals surface area contributed by atoms with Crippen LogP contribution in [0.5, 0.6) is 0 Å². The van der Waals surface area contributed by atoms with Crippen LogP contribution in [0.15, 0.2) is 26.5 Å². The average Bonchev–Trinajstić information content (AvgIpc) is 3.20. The van der Waals surface area contributed by atoms with Gasteiger partial charge in [-0.3, -0.25) is 13.9 Å². The van der Waals surface area contributed by atoms with E-state index in [9.17, 15) is 9.59 Å². The standard InChI is InChI=1S/C17H21N5O3/c1-11-9-13(25-19-11)5-3-4-8-21-16(23)14-15(20(2)17(21)24)18-10-22(14)12-6-7-12/h9-10,12H,3-8H2,1-2H3. The highest BCUT2D eigenvalue weighted by atomic mass is 16.5. The van der Waals surface area contributed by atoms with Gasteiger partial charge in [0.15, 0.2) is 11.2 Å². The van der Waals surface area contributed by atoms with Crippen molar-refractivity contribution in [3.8, 4) is 0 Å². The minimum atomic E-state index is -0.311. The summed E-state index contributed by atoms with van der Waals surface area (Å²) in [6.45, 7) is 2.28. The molecule has 1 aliphatic carbocycles. The van der Waals surface area contributed by atoms with Gasteiger partial charge in [-0.05, 0) is 32.6 Å². The number of hydrogen-bond donors (Lipinski definition) is 0.